The first-order valence-corrected chi connectivity index (χ1v) is 20.5. The highest BCUT2D eigenvalue weighted by molar-refractivity contribution is 5.93. The van der Waals surface area contributed by atoms with E-state index in [0.29, 0.717) is 5.92 Å². The molecule has 0 fully saturated rings. The molecule has 0 aliphatic heterocycles. The molecule has 5 aliphatic rings. The molecular formula is C55H51N. The number of nitrogens with zero attached hydrogens (tertiary/aromatic N) is 1. The van der Waals surface area contributed by atoms with Gasteiger partial charge in [0.05, 0.1) is 5.41 Å². The molecule has 0 N–H and O–H groups in total. The molecule has 0 aromatic heterocycles. The van der Waals surface area contributed by atoms with E-state index < -0.39 is 0 Å². The van der Waals surface area contributed by atoms with Crippen LogP contribution >= 0.6 is 0 Å². The zero-order valence-electron chi connectivity index (χ0n) is 33.8. The van der Waals surface area contributed by atoms with Gasteiger partial charge >= 0.3 is 0 Å². The van der Waals surface area contributed by atoms with E-state index in [1.807, 2.05) is 0 Å². The maximum Gasteiger partial charge on any atom is 0.0504 e. The lowest BCUT2D eigenvalue weighted by atomic mass is 9.60. The van der Waals surface area contributed by atoms with E-state index in [-0.39, 0.29) is 22.2 Å². The second-order valence-corrected chi connectivity index (χ2v) is 17.9. The van der Waals surface area contributed by atoms with Gasteiger partial charge in [-0.05, 0) is 136 Å². The number of fused-ring (bicyclic) bond motifs is 12. The molecule has 10 rings (SSSR count). The summed E-state index contributed by atoms with van der Waals surface area (Å²) in [7, 11) is 0. The fourth-order valence-electron chi connectivity index (χ4n) is 11.1. The lowest BCUT2D eigenvalue weighted by molar-refractivity contribution is 0.356. The first kappa shape index (κ1) is 34.8. The Kier molecular flexibility index (Phi) is 7.72. The molecule has 56 heavy (non-hydrogen) atoms. The molecule has 0 heterocycles. The maximum absolute atomic E-state index is 2.57. The lowest BCUT2D eigenvalue weighted by Gasteiger charge is -2.42. The predicted molar refractivity (Wildman–Crippen MR) is 238 cm³/mol. The van der Waals surface area contributed by atoms with Crippen molar-refractivity contribution in [2.45, 2.75) is 71.1 Å². The SMILES string of the molecule is CC(C)=C/C=C(\C)c1ccc(N(c2ccc3c(c2)C(C)(C)c2ccccc2-3)c2ccc3c(c2)C2(C4=C3C=CC(C)C4)c3ccccc3C3(C)C=CC=CC32)cc1. The predicted octanol–water partition coefficient (Wildman–Crippen LogP) is 14.5. The van der Waals surface area contributed by atoms with Crippen LogP contribution in [0.4, 0.5) is 17.1 Å². The van der Waals surface area contributed by atoms with Crippen molar-refractivity contribution in [2.24, 2.45) is 11.8 Å². The molecule has 5 aromatic carbocycles. The van der Waals surface area contributed by atoms with Gasteiger partial charge in [-0.15, -0.1) is 0 Å². The van der Waals surface area contributed by atoms with Crippen LogP contribution in [0.3, 0.4) is 0 Å². The van der Waals surface area contributed by atoms with Crippen LogP contribution in [0.5, 0.6) is 0 Å². The van der Waals surface area contributed by atoms with Crippen LogP contribution in [-0.4, -0.2) is 0 Å². The summed E-state index contributed by atoms with van der Waals surface area (Å²) in [6.45, 7) is 16.1. The standard InChI is InChI=1S/C55H51N/c1-35(2)19-21-37(4)38-22-24-39(25-23-38)56(40-26-29-43-42-14-8-9-15-46(42)53(5,6)49(43)33-40)41-27-30-45-44-28-20-36(3)32-50(44)55(51(45)34-41)48-17-11-10-16-47(48)54(7)31-13-12-18-52(54)55/h8-31,33-34,36,52H,32H2,1-7H3/b37-21+. The van der Waals surface area contributed by atoms with Gasteiger partial charge in [0.1, 0.15) is 0 Å². The first-order valence-electron chi connectivity index (χ1n) is 20.5. The van der Waals surface area contributed by atoms with Crippen molar-refractivity contribution in [2.75, 3.05) is 4.90 Å². The highest BCUT2D eigenvalue weighted by Crippen LogP contribution is 2.68. The third kappa shape index (κ3) is 4.79. The Morgan fingerprint density at radius 3 is 2.02 bits per heavy atom. The van der Waals surface area contributed by atoms with E-state index >= 15 is 0 Å². The molecule has 0 saturated heterocycles. The van der Waals surface area contributed by atoms with Gasteiger partial charge in [-0.1, -0.05) is 155 Å². The summed E-state index contributed by atoms with van der Waals surface area (Å²) in [5, 5.41) is 0. The Morgan fingerprint density at radius 1 is 0.625 bits per heavy atom. The molecule has 4 atom stereocenters. The summed E-state index contributed by atoms with van der Waals surface area (Å²) in [5.74, 6) is 0.768. The van der Waals surface area contributed by atoms with Crippen molar-refractivity contribution < 1.29 is 0 Å². The topological polar surface area (TPSA) is 3.24 Å². The third-order valence-corrected chi connectivity index (χ3v) is 13.9. The summed E-state index contributed by atoms with van der Waals surface area (Å²) in [4.78, 5) is 2.51. The monoisotopic (exact) mass is 725 g/mol. The van der Waals surface area contributed by atoms with Crippen molar-refractivity contribution in [3.63, 3.8) is 0 Å². The van der Waals surface area contributed by atoms with Crippen molar-refractivity contribution in [3.05, 3.63) is 208 Å². The highest BCUT2D eigenvalue weighted by atomic mass is 15.1. The minimum Gasteiger partial charge on any atom is -0.310 e. The van der Waals surface area contributed by atoms with E-state index in [2.05, 4.69) is 211 Å². The zero-order chi connectivity index (χ0) is 38.6. The summed E-state index contributed by atoms with van der Waals surface area (Å²) in [6.07, 6.45) is 19.9. The average molecular weight is 726 g/mol. The normalized spacial score (nSPS) is 24.4. The van der Waals surface area contributed by atoms with E-state index in [4.69, 9.17) is 0 Å². The molecule has 1 spiro atoms. The van der Waals surface area contributed by atoms with Crippen molar-refractivity contribution >= 4 is 28.2 Å². The molecule has 276 valence electrons. The maximum atomic E-state index is 2.57. The summed E-state index contributed by atoms with van der Waals surface area (Å²) >= 11 is 0. The summed E-state index contributed by atoms with van der Waals surface area (Å²) < 4.78 is 0. The number of hydrogen-bond donors (Lipinski definition) is 0. The summed E-state index contributed by atoms with van der Waals surface area (Å²) in [6, 6.07) is 42.1. The Labute approximate surface area is 333 Å². The third-order valence-electron chi connectivity index (χ3n) is 13.9. The molecule has 0 saturated carbocycles. The van der Waals surface area contributed by atoms with Crippen molar-refractivity contribution in [3.8, 4) is 11.1 Å². The van der Waals surface area contributed by atoms with Crippen LogP contribution in [0.15, 0.2) is 169 Å². The zero-order valence-corrected chi connectivity index (χ0v) is 33.8. The Morgan fingerprint density at radius 2 is 1.27 bits per heavy atom. The van der Waals surface area contributed by atoms with Gasteiger partial charge in [-0.2, -0.15) is 0 Å². The van der Waals surface area contributed by atoms with Crippen LogP contribution in [0, 0.1) is 11.8 Å². The number of rotatable bonds is 5. The fourth-order valence-corrected chi connectivity index (χ4v) is 11.1. The molecule has 5 aliphatic carbocycles. The second-order valence-electron chi connectivity index (χ2n) is 17.9. The van der Waals surface area contributed by atoms with Crippen LogP contribution in [-0.2, 0) is 16.2 Å². The molecule has 4 unspecified atom stereocenters. The lowest BCUT2D eigenvalue weighted by Crippen LogP contribution is -2.40. The summed E-state index contributed by atoms with van der Waals surface area (Å²) in [5.41, 5.74) is 21.1. The molecule has 1 nitrogen and oxygen atoms in total. The Bertz CT molecular complexity index is 2650. The van der Waals surface area contributed by atoms with Crippen molar-refractivity contribution in [1.82, 2.24) is 0 Å². The van der Waals surface area contributed by atoms with Gasteiger partial charge in [0.25, 0.3) is 0 Å². The second kappa shape index (κ2) is 12.4. The van der Waals surface area contributed by atoms with Crippen LogP contribution in [0.25, 0.3) is 22.3 Å². The fraction of sp³-hybridized carbons (Fsp3) is 0.236. The minimum absolute atomic E-state index is 0.0988. The highest BCUT2D eigenvalue weighted by Gasteiger charge is 2.62. The molecule has 1 heteroatoms. The molecule has 0 radical (unpaired) electrons. The van der Waals surface area contributed by atoms with Crippen LogP contribution in [0.1, 0.15) is 93.8 Å². The molecule has 5 aromatic rings. The van der Waals surface area contributed by atoms with E-state index in [0.717, 1.165) is 12.1 Å². The Balaban J connectivity index is 1.20. The molecule has 0 amide bonds. The van der Waals surface area contributed by atoms with E-state index in [9.17, 15) is 0 Å². The van der Waals surface area contributed by atoms with Gasteiger partial charge in [-0.3, -0.25) is 0 Å². The van der Waals surface area contributed by atoms with Crippen LogP contribution in [0.2, 0.25) is 0 Å². The Hall–Kier alpha value is -5.66. The van der Waals surface area contributed by atoms with Gasteiger partial charge < -0.3 is 4.90 Å². The van der Waals surface area contributed by atoms with Gasteiger partial charge in [-0.25, -0.2) is 0 Å². The average Bonchev–Trinajstić information content (AvgIpc) is 3.72. The van der Waals surface area contributed by atoms with E-state index in [1.165, 1.54) is 78.2 Å². The number of allylic oxidation sites excluding steroid dienone is 12. The van der Waals surface area contributed by atoms with Gasteiger partial charge in [0, 0.05) is 33.8 Å². The molecular weight excluding hydrogens is 675 g/mol. The smallest absolute Gasteiger partial charge is 0.0504 e. The largest absolute Gasteiger partial charge is 0.310 e. The molecule has 0 bridgehead atoms. The number of benzene rings is 5. The number of hydrogen-bond acceptors (Lipinski definition) is 1. The van der Waals surface area contributed by atoms with Crippen LogP contribution < -0.4 is 4.90 Å². The van der Waals surface area contributed by atoms with Gasteiger partial charge in [0.15, 0.2) is 0 Å². The van der Waals surface area contributed by atoms with E-state index in [1.54, 1.807) is 5.57 Å². The first-order chi connectivity index (χ1) is 27.0. The van der Waals surface area contributed by atoms with Gasteiger partial charge in [0.2, 0.25) is 0 Å². The quantitative estimate of drug-likeness (QED) is 0.163. The van der Waals surface area contributed by atoms with Crippen molar-refractivity contribution in [1.29, 1.82) is 0 Å². The number of anilines is 3. The minimum atomic E-state index is -0.254.